The van der Waals surface area contributed by atoms with Crippen molar-refractivity contribution in [1.82, 2.24) is 19.6 Å². The topological polar surface area (TPSA) is 145 Å². The maximum atomic E-state index is 15.1. The van der Waals surface area contributed by atoms with E-state index in [9.17, 15) is 18.0 Å². The monoisotopic (exact) mass is 894 g/mol. The lowest BCUT2D eigenvalue weighted by atomic mass is 9.89. The van der Waals surface area contributed by atoms with Crippen molar-refractivity contribution in [3.05, 3.63) is 95.5 Å². The summed E-state index contributed by atoms with van der Waals surface area (Å²) in [5.41, 5.74) is 4.03. The van der Waals surface area contributed by atoms with Crippen molar-refractivity contribution in [3.8, 4) is 22.2 Å². The number of carbonyl (C=O) groups is 3. The molecule has 2 amide bonds. The van der Waals surface area contributed by atoms with Gasteiger partial charge in [0.2, 0.25) is 21.8 Å². The number of fused-ring (bicyclic) bond motifs is 1. The molecule has 2 aliphatic carbocycles. The summed E-state index contributed by atoms with van der Waals surface area (Å²) < 4.78 is 40.5. The maximum absolute atomic E-state index is 15.1. The van der Waals surface area contributed by atoms with E-state index in [1.807, 2.05) is 61.7 Å². The number of ether oxygens (including phenoxy) is 2. The van der Waals surface area contributed by atoms with Gasteiger partial charge < -0.3 is 14.4 Å². The first-order valence-corrected chi connectivity index (χ1v) is 24.7. The van der Waals surface area contributed by atoms with Crippen molar-refractivity contribution in [2.75, 3.05) is 13.7 Å². The van der Waals surface area contributed by atoms with Gasteiger partial charge in [0.15, 0.2) is 5.78 Å². The van der Waals surface area contributed by atoms with Crippen molar-refractivity contribution in [2.24, 2.45) is 17.3 Å². The van der Waals surface area contributed by atoms with E-state index in [4.69, 9.17) is 19.4 Å². The van der Waals surface area contributed by atoms with Crippen LogP contribution in [0.3, 0.4) is 0 Å². The number of amides is 2. The van der Waals surface area contributed by atoms with Gasteiger partial charge in [-0.2, -0.15) is 0 Å². The summed E-state index contributed by atoms with van der Waals surface area (Å²) in [5.74, 6) is -0.426. The second-order valence-corrected chi connectivity index (χ2v) is 21.6. The average molecular weight is 895 g/mol. The van der Waals surface area contributed by atoms with Gasteiger partial charge in [0.05, 0.1) is 41.1 Å². The molecule has 2 aromatic carbocycles. The SMILES string of the molecule is C=CCCCCC[C@H](Cc1cccc(C)c1)C(=O)N1C[C@H](Oc2cc(-c3nc(C(C)C)cs3)nc3c(C)c(OC)ccc23)C[C@H]1C(=O)C[C@]1(C(=O)NS(=O)(=O)C2(C)CC2)C[C@H]1C=C. The lowest BCUT2D eigenvalue weighted by molar-refractivity contribution is -0.142. The quantitative estimate of drug-likeness (QED) is 0.0639. The van der Waals surface area contributed by atoms with E-state index < -0.39 is 44.2 Å². The number of rotatable bonds is 21. The van der Waals surface area contributed by atoms with Gasteiger partial charge in [0.25, 0.3) is 0 Å². The van der Waals surface area contributed by atoms with Gasteiger partial charge in [0.1, 0.15) is 28.3 Å². The van der Waals surface area contributed by atoms with E-state index in [2.05, 4.69) is 37.8 Å². The molecule has 1 aliphatic heterocycles. The molecule has 336 valence electrons. The van der Waals surface area contributed by atoms with Crippen LogP contribution in [0, 0.1) is 31.1 Å². The Morgan fingerprint density at radius 3 is 2.48 bits per heavy atom. The van der Waals surface area contributed by atoms with Gasteiger partial charge in [-0.05, 0) is 95.2 Å². The predicted octanol–water partition coefficient (Wildman–Crippen LogP) is 9.60. The number of aryl methyl sites for hydroxylation is 2. The number of aromatic nitrogens is 2. The summed E-state index contributed by atoms with van der Waals surface area (Å²) in [5, 5.41) is 3.55. The second kappa shape index (κ2) is 18.7. The molecule has 3 fully saturated rings. The summed E-state index contributed by atoms with van der Waals surface area (Å²) in [6.45, 7) is 17.7. The molecular formula is C50H62N4O7S2. The van der Waals surface area contributed by atoms with Crippen LogP contribution in [0.4, 0.5) is 0 Å². The Morgan fingerprint density at radius 1 is 1.05 bits per heavy atom. The van der Waals surface area contributed by atoms with E-state index in [-0.39, 0.29) is 42.9 Å². The molecule has 1 saturated heterocycles. The van der Waals surface area contributed by atoms with Gasteiger partial charge in [-0.25, -0.2) is 18.4 Å². The predicted molar refractivity (Wildman–Crippen MR) is 249 cm³/mol. The molecule has 2 aromatic heterocycles. The van der Waals surface area contributed by atoms with Crippen LogP contribution in [0.25, 0.3) is 21.6 Å². The van der Waals surface area contributed by atoms with Crippen molar-refractivity contribution in [3.63, 3.8) is 0 Å². The zero-order chi connectivity index (χ0) is 45.3. The van der Waals surface area contributed by atoms with Crippen LogP contribution in [0.2, 0.25) is 0 Å². The Balaban J connectivity index is 1.24. The first-order chi connectivity index (χ1) is 30.0. The highest BCUT2D eigenvalue weighted by Crippen LogP contribution is 2.57. The van der Waals surface area contributed by atoms with Crippen LogP contribution in [0.15, 0.2) is 73.2 Å². The third kappa shape index (κ3) is 9.79. The highest BCUT2D eigenvalue weighted by atomic mass is 32.2. The minimum absolute atomic E-state index is 0.131. The van der Waals surface area contributed by atoms with Crippen LogP contribution < -0.4 is 14.2 Å². The number of methoxy groups -OCH3 is 1. The van der Waals surface area contributed by atoms with Crippen LogP contribution in [-0.2, 0) is 30.8 Å². The summed E-state index contributed by atoms with van der Waals surface area (Å²) >= 11 is 1.51. The van der Waals surface area contributed by atoms with Gasteiger partial charge in [-0.1, -0.05) is 68.7 Å². The van der Waals surface area contributed by atoms with Crippen LogP contribution in [0.5, 0.6) is 11.5 Å². The van der Waals surface area contributed by atoms with Gasteiger partial charge in [-0.15, -0.1) is 24.5 Å². The largest absolute Gasteiger partial charge is 0.496 e. The van der Waals surface area contributed by atoms with Gasteiger partial charge >= 0.3 is 0 Å². The molecule has 0 radical (unpaired) electrons. The van der Waals surface area contributed by atoms with E-state index in [1.165, 1.54) is 11.3 Å². The Bertz CT molecular complexity index is 2510. The summed E-state index contributed by atoms with van der Waals surface area (Å²) in [7, 11) is -2.32. The minimum atomic E-state index is -3.95. The zero-order valence-corrected chi connectivity index (χ0v) is 39.2. The Morgan fingerprint density at radius 2 is 1.83 bits per heavy atom. The molecule has 3 heterocycles. The molecule has 2 saturated carbocycles. The fourth-order valence-electron chi connectivity index (χ4n) is 9.02. The average Bonchev–Trinajstić information content (AvgIpc) is 4.04. The number of nitrogens with zero attached hydrogens (tertiary/aromatic N) is 3. The van der Waals surface area contributed by atoms with Gasteiger partial charge in [-0.3, -0.25) is 19.1 Å². The van der Waals surface area contributed by atoms with Crippen LogP contribution in [-0.4, -0.2) is 71.4 Å². The zero-order valence-electron chi connectivity index (χ0n) is 37.6. The number of benzene rings is 2. The fraction of sp³-hybridized carbons (Fsp3) is 0.500. The maximum Gasteiger partial charge on any atom is 0.240 e. The first kappa shape index (κ1) is 46.1. The third-order valence-electron chi connectivity index (χ3n) is 13.5. The van der Waals surface area contributed by atoms with Crippen molar-refractivity contribution < 1.29 is 32.3 Å². The molecule has 0 bridgehead atoms. The summed E-state index contributed by atoms with van der Waals surface area (Å²) in [6, 6.07) is 13.0. The number of sulfonamides is 1. The number of nitrogens with one attached hydrogen (secondary N) is 1. The molecule has 0 unspecified atom stereocenters. The molecule has 63 heavy (non-hydrogen) atoms. The first-order valence-electron chi connectivity index (χ1n) is 22.3. The van der Waals surface area contributed by atoms with E-state index in [1.54, 1.807) is 25.0 Å². The van der Waals surface area contributed by atoms with Crippen molar-refractivity contribution >= 4 is 49.9 Å². The van der Waals surface area contributed by atoms with E-state index >= 15 is 4.79 Å². The normalized spacial score (nSPS) is 21.8. The Kier molecular flexibility index (Phi) is 13.7. The van der Waals surface area contributed by atoms with Crippen LogP contribution in [0.1, 0.15) is 113 Å². The standard InChI is InChI=1S/C50H62N4O7S2/c1-9-11-12-13-14-18-35(24-34-17-15-16-32(5)23-34)47(56)54-29-37(25-41(54)42(55)28-50(27-36(50)10-2)48(57)53-63(58,59)49(7)21-22-49)61-44-26-39(46-52-40(30-62-46)31(3)4)51-45-33(6)43(60-8)20-19-38(44)45/h9-10,15-17,19-20,23,26,30-31,35-37,41H,1-2,11-14,18,21-22,24-25,27-29H2,3-8H3,(H,53,57)/t35-,36-,37-,41+,50-/m1/s1. The Labute approximate surface area is 376 Å². The smallest absolute Gasteiger partial charge is 0.240 e. The van der Waals surface area contributed by atoms with Crippen molar-refractivity contribution in [1.29, 1.82) is 0 Å². The molecule has 7 rings (SSSR count). The summed E-state index contributed by atoms with van der Waals surface area (Å²) in [6.07, 6.45) is 8.96. The highest BCUT2D eigenvalue weighted by Gasteiger charge is 2.62. The number of carbonyl (C=O) groups excluding carboxylic acids is 3. The van der Waals surface area contributed by atoms with Crippen LogP contribution >= 0.6 is 11.3 Å². The molecule has 3 aliphatic rings. The number of ketones is 1. The molecular weight excluding hydrogens is 833 g/mol. The highest BCUT2D eigenvalue weighted by molar-refractivity contribution is 7.91. The lowest BCUT2D eigenvalue weighted by Crippen LogP contribution is -2.47. The molecule has 4 aromatic rings. The van der Waals surface area contributed by atoms with Crippen molar-refractivity contribution in [2.45, 2.75) is 128 Å². The second-order valence-electron chi connectivity index (χ2n) is 18.6. The number of thiazole rings is 1. The number of allylic oxidation sites excluding steroid dienone is 2. The molecule has 1 N–H and O–H groups in total. The van der Waals surface area contributed by atoms with E-state index in [0.717, 1.165) is 58.5 Å². The number of hydrogen-bond donors (Lipinski definition) is 1. The number of pyridine rings is 1. The third-order valence-corrected chi connectivity index (χ3v) is 16.5. The number of unbranched alkanes of at least 4 members (excludes halogenated alkanes) is 3. The van der Waals surface area contributed by atoms with E-state index in [0.29, 0.717) is 54.8 Å². The number of Topliss-reactive ketones (excluding diaryl/α,β-unsaturated/α-hetero) is 1. The molecule has 0 spiro atoms. The summed E-state index contributed by atoms with van der Waals surface area (Å²) in [4.78, 5) is 55.6. The molecule has 13 heteroatoms. The van der Waals surface area contributed by atoms with Gasteiger partial charge in [0, 0.05) is 41.2 Å². The Hall–Kier alpha value is -4.88. The minimum Gasteiger partial charge on any atom is -0.496 e. The number of hydrogen-bond acceptors (Lipinski definition) is 10. The molecule has 5 atom stereocenters. The fourth-order valence-corrected chi connectivity index (χ4v) is 11.3. The number of likely N-dealkylation sites (tertiary alicyclic amines) is 1. The molecule has 11 nitrogen and oxygen atoms in total. The lowest BCUT2D eigenvalue weighted by Gasteiger charge is -2.29.